The largest absolute Gasteiger partial charge is 0.460 e. The zero-order valence-corrected chi connectivity index (χ0v) is 13.6. The Morgan fingerprint density at radius 1 is 1.16 bits per heavy atom. The molecule has 130 valence electrons. The number of benzene rings is 2. The molecule has 0 bridgehead atoms. The molecule has 0 aromatic heterocycles. The zero-order valence-electron chi connectivity index (χ0n) is 13.6. The van der Waals surface area contributed by atoms with Crippen LogP contribution in [0.4, 0.5) is 10.1 Å². The smallest absolute Gasteiger partial charge is 0.316 e. The van der Waals surface area contributed by atoms with E-state index in [-0.39, 0.29) is 24.1 Å². The first-order chi connectivity index (χ1) is 12.0. The number of nitro benzene ring substituents is 1. The fourth-order valence-electron chi connectivity index (χ4n) is 3.38. The third kappa shape index (κ3) is 3.52. The molecule has 0 heterocycles. The highest BCUT2D eigenvalue weighted by atomic mass is 19.1. The van der Waals surface area contributed by atoms with E-state index in [1.165, 1.54) is 24.3 Å². The maximum Gasteiger partial charge on any atom is 0.316 e. The molecule has 0 saturated heterocycles. The molecule has 1 saturated carbocycles. The van der Waals surface area contributed by atoms with E-state index in [0.717, 1.165) is 12.8 Å². The first kappa shape index (κ1) is 17.1. The Balaban J connectivity index is 1.74. The third-order valence-corrected chi connectivity index (χ3v) is 4.74. The zero-order chi connectivity index (χ0) is 17.9. The second-order valence-corrected chi connectivity index (χ2v) is 6.30. The minimum Gasteiger partial charge on any atom is -0.460 e. The van der Waals surface area contributed by atoms with Gasteiger partial charge in [0.05, 0.1) is 10.3 Å². The van der Waals surface area contributed by atoms with Crippen molar-refractivity contribution in [2.24, 2.45) is 0 Å². The molecule has 0 atom stereocenters. The number of non-ortho nitro benzene ring substituents is 1. The lowest BCUT2D eigenvalue weighted by Gasteiger charge is -2.27. The van der Waals surface area contributed by atoms with E-state index in [1.54, 1.807) is 24.3 Å². The highest BCUT2D eigenvalue weighted by molar-refractivity contribution is 5.83. The molecule has 2 aromatic rings. The van der Waals surface area contributed by atoms with E-state index in [0.29, 0.717) is 24.0 Å². The summed E-state index contributed by atoms with van der Waals surface area (Å²) in [5.74, 6) is -0.735. The number of esters is 1. The predicted octanol–water partition coefficient (Wildman–Crippen LogP) is 4.29. The van der Waals surface area contributed by atoms with Crippen molar-refractivity contribution in [2.45, 2.75) is 37.7 Å². The standard InChI is InChI=1S/C19H18FNO4/c20-16-5-3-4-15(12-16)19(10-1-2-11-19)18(22)25-13-14-6-8-17(9-7-14)21(23)24/h3-9,12H,1-2,10-11,13H2. The second kappa shape index (κ2) is 7.01. The molecule has 0 N–H and O–H groups in total. The average Bonchev–Trinajstić information content (AvgIpc) is 3.11. The number of hydrogen-bond acceptors (Lipinski definition) is 4. The second-order valence-electron chi connectivity index (χ2n) is 6.30. The average molecular weight is 343 g/mol. The van der Waals surface area contributed by atoms with E-state index in [2.05, 4.69) is 0 Å². The van der Waals surface area contributed by atoms with Gasteiger partial charge in [-0.3, -0.25) is 14.9 Å². The minimum absolute atomic E-state index is 0.0119. The minimum atomic E-state index is -0.803. The molecule has 6 heteroatoms. The van der Waals surface area contributed by atoms with Gasteiger partial charge in [-0.1, -0.05) is 25.0 Å². The van der Waals surface area contributed by atoms with Crippen LogP contribution in [0.15, 0.2) is 48.5 Å². The Labute approximate surface area is 144 Å². The van der Waals surface area contributed by atoms with Gasteiger partial charge in [-0.25, -0.2) is 4.39 Å². The number of rotatable bonds is 5. The summed E-state index contributed by atoms with van der Waals surface area (Å²) in [6.45, 7) is 0.0356. The van der Waals surface area contributed by atoms with Crippen LogP contribution in [0.2, 0.25) is 0 Å². The van der Waals surface area contributed by atoms with Crippen molar-refractivity contribution >= 4 is 11.7 Å². The molecular weight excluding hydrogens is 325 g/mol. The monoisotopic (exact) mass is 343 g/mol. The van der Waals surface area contributed by atoms with Gasteiger partial charge in [0.15, 0.2) is 0 Å². The summed E-state index contributed by atoms with van der Waals surface area (Å²) in [4.78, 5) is 23.0. The van der Waals surface area contributed by atoms with Crippen molar-refractivity contribution in [1.29, 1.82) is 0 Å². The maximum absolute atomic E-state index is 13.6. The Hall–Kier alpha value is -2.76. The van der Waals surface area contributed by atoms with Crippen LogP contribution in [0.25, 0.3) is 0 Å². The van der Waals surface area contributed by atoms with Crippen molar-refractivity contribution in [3.63, 3.8) is 0 Å². The van der Waals surface area contributed by atoms with Crippen LogP contribution < -0.4 is 0 Å². The van der Waals surface area contributed by atoms with E-state index in [1.807, 2.05) is 0 Å². The molecule has 0 amide bonds. The van der Waals surface area contributed by atoms with Crippen LogP contribution in [0.1, 0.15) is 36.8 Å². The van der Waals surface area contributed by atoms with Gasteiger partial charge < -0.3 is 4.74 Å². The number of nitrogens with zero attached hydrogens (tertiary/aromatic N) is 1. The number of carbonyl (C=O) groups is 1. The Morgan fingerprint density at radius 2 is 1.84 bits per heavy atom. The molecule has 3 rings (SSSR count). The number of ether oxygens (including phenoxy) is 1. The van der Waals surface area contributed by atoms with Gasteiger partial charge in [-0.15, -0.1) is 0 Å². The summed E-state index contributed by atoms with van der Waals surface area (Å²) in [6, 6.07) is 12.0. The van der Waals surface area contributed by atoms with Crippen molar-refractivity contribution in [2.75, 3.05) is 0 Å². The maximum atomic E-state index is 13.6. The summed E-state index contributed by atoms with van der Waals surface area (Å²) in [7, 11) is 0. The van der Waals surface area contributed by atoms with Gasteiger partial charge >= 0.3 is 5.97 Å². The highest BCUT2D eigenvalue weighted by Gasteiger charge is 2.44. The fourth-order valence-corrected chi connectivity index (χ4v) is 3.38. The quantitative estimate of drug-likeness (QED) is 0.461. The molecule has 1 aliphatic rings. The predicted molar refractivity (Wildman–Crippen MR) is 89.4 cm³/mol. The van der Waals surface area contributed by atoms with Gasteiger partial charge in [0, 0.05) is 12.1 Å². The highest BCUT2D eigenvalue weighted by Crippen LogP contribution is 2.42. The summed E-state index contributed by atoms with van der Waals surface area (Å²) in [5, 5.41) is 10.7. The molecule has 1 fully saturated rings. The number of carbonyl (C=O) groups excluding carboxylic acids is 1. The summed E-state index contributed by atoms with van der Waals surface area (Å²) < 4.78 is 19.1. The van der Waals surface area contributed by atoms with Crippen molar-refractivity contribution in [1.82, 2.24) is 0 Å². The Bertz CT molecular complexity index is 782. The lowest BCUT2D eigenvalue weighted by atomic mass is 9.79. The third-order valence-electron chi connectivity index (χ3n) is 4.74. The molecule has 0 spiro atoms. The van der Waals surface area contributed by atoms with Crippen molar-refractivity contribution in [3.05, 3.63) is 75.6 Å². The van der Waals surface area contributed by atoms with E-state index in [4.69, 9.17) is 4.74 Å². The number of hydrogen-bond donors (Lipinski definition) is 0. The SMILES string of the molecule is O=C(OCc1ccc([N+](=O)[O-])cc1)C1(c2cccc(F)c2)CCCC1. The fraction of sp³-hybridized carbons (Fsp3) is 0.316. The first-order valence-corrected chi connectivity index (χ1v) is 8.18. The van der Waals surface area contributed by atoms with Gasteiger partial charge in [0.2, 0.25) is 0 Å². The first-order valence-electron chi connectivity index (χ1n) is 8.18. The van der Waals surface area contributed by atoms with Crippen LogP contribution >= 0.6 is 0 Å². The van der Waals surface area contributed by atoms with Gasteiger partial charge in [-0.05, 0) is 48.2 Å². The van der Waals surface area contributed by atoms with Gasteiger partial charge in [0.1, 0.15) is 12.4 Å². The van der Waals surface area contributed by atoms with Crippen LogP contribution in [0.3, 0.4) is 0 Å². The molecular formula is C19H18FNO4. The molecule has 25 heavy (non-hydrogen) atoms. The molecule has 0 radical (unpaired) electrons. The molecule has 1 aliphatic carbocycles. The van der Waals surface area contributed by atoms with Crippen LogP contribution in [-0.4, -0.2) is 10.9 Å². The summed E-state index contributed by atoms with van der Waals surface area (Å²) in [6.07, 6.45) is 3.05. The lowest BCUT2D eigenvalue weighted by molar-refractivity contribution is -0.384. The number of halogens is 1. The number of nitro groups is 1. The van der Waals surface area contributed by atoms with Crippen LogP contribution in [0.5, 0.6) is 0 Å². The summed E-state index contributed by atoms with van der Waals surface area (Å²) >= 11 is 0. The van der Waals surface area contributed by atoms with Gasteiger partial charge in [0.25, 0.3) is 5.69 Å². The van der Waals surface area contributed by atoms with Gasteiger partial charge in [-0.2, -0.15) is 0 Å². The van der Waals surface area contributed by atoms with Crippen molar-refractivity contribution < 1.29 is 18.8 Å². The van der Waals surface area contributed by atoms with Crippen LogP contribution in [-0.2, 0) is 21.6 Å². The molecule has 0 aliphatic heterocycles. The normalized spacial score (nSPS) is 15.7. The van der Waals surface area contributed by atoms with Crippen LogP contribution in [0, 0.1) is 15.9 Å². The lowest BCUT2D eigenvalue weighted by Crippen LogP contribution is -2.34. The topological polar surface area (TPSA) is 69.4 Å². The molecule has 5 nitrogen and oxygen atoms in total. The van der Waals surface area contributed by atoms with E-state index in [9.17, 15) is 19.3 Å². The summed E-state index contributed by atoms with van der Waals surface area (Å²) in [5.41, 5.74) is 0.509. The van der Waals surface area contributed by atoms with Crippen molar-refractivity contribution in [3.8, 4) is 0 Å². The molecule has 2 aromatic carbocycles. The van der Waals surface area contributed by atoms with E-state index < -0.39 is 10.3 Å². The van der Waals surface area contributed by atoms with E-state index >= 15 is 0 Å². The molecule has 0 unspecified atom stereocenters. The Morgan fingerprint density at radius 3 is 2.44 bits per heavy atom. The Kier molecular flexibility index (Phi) is 4.79.